The second kappa shape index (κ2) is 7.84. The molecule has 1 fully saturated rings. The van der Waals surface area contributed by atoms with E-state index in [2.05, 4.69) is 9.97 Å². The number of nitrogens with zero attached hydrogens (tertiary/aromatic N) is 4. The molecule has 2 amide bonds. The van der Waals surface area contributed by atoms with E-state index in [9.17, 15) is 9.59 Å². The maximum absolute atomic E-state index is 13.0. The zero-order chi connectivity index (χ0) is 18.6. The molecule has 2 aliphatic rings. The van der Waals surface area contributed by atoms with Crippen LogP contribution in [-0.2, 0) is 16.0 Å². The third-order valence-electron chi connectivity index (χ3n) is 4.95. The molecule has 3 heterocycles. The molecule has 4 rings (SSSR count). The number of hydrogen-bond donors (Lipinski definition) is 0. The fraction of sp³-hybridized carbons (Fsp3) is 0.400. The molecule has 27 heavy (non-hydrogen) atoms. The molecule has 1 saturated heterocycles. The van der Waals surface area contributed by atoms with Crippen LogP contribution in [0.1, 0.15) is 22.5 Å². The number of morpholine rings is 1. The van der Waals surface area contributed by atoms with Crippen LogP contribution in [0.15, 0.2) is 36.5 Å². The van der Waals surface area contributed by atoms with Crippen LogP contribution >= 0.6 is 0 Å². The van der Waals surface area contributed by atoms with Crippen molar-refractivity contribution in [2.24, 2.45) is 0 Å². The standard InChI is InChI=1S/C20H22N4O3/c25-18(23-9-11-27-12-10-23)14-24-8-4-7-17-16(20(24)26)13-21-19(22-17)15-5-2-1-3-6-15/h1-3,5-6,13H,4,7-12,14H2. The molecule has 2 aromatic rings. The summed E-state index contributed by atoms with van der Waals surface area (Å²) >= 11 is 0. The second-order valence-electron chi connectivity index (χ2n) is 6.74. The van der Waals surface area contributed by atoms with E-state index < -0.39 is 0 Å². The Kier molecular flexibility index (Phi) is 5.11. The molecule has 7 nitrogen and oxygen atoms in total. The maximum atomic E-state index is 13.0. The van der Waals surface area contributed by atoms with Crippen molar-refractivity contribution < 1.29 is 14.3 Å². The number of rotatable bonds is 3. The maximum Gasteiger partial charge on any atom is 0.257 e. The van der Waals surface area contributed by atoms with Gasteiger partial charge in [-0.05, 0) is 12.8 Å². The zero-order valence-electron chi connectivity index (χ0n) is 15.1. The normalized spacial score (nSPS) is 17.4. The van der Waals surface area contributed by atoms with Crippen LogP contribution in [0.3, 0.4) is 0 Å². The molecule has 1 aromatic carbocycles. The van der Waals surface area contributed by atoms with E-state index in [1.807, 2.05) is 30.3 Å². The number of aromatic nitrogens is 2. The van der Waals surface area contributed by atoms with E-state index in [1.165, 1.54) is 0 Å². The molecular formula is C20H22N4O3. The summed E-state index contributed by atoms with van der Waals surface area (Å²) in [5.74, 6) is 0.431. The van der Waals surface area contributed by atoms with Gasteiger partial charge in [-0.2, -0.15) is 0 Å². The first-order chi connectivity index (χ1) is 13.2. The lowest BCUT2D eigenvalue weighted by atomic mass is 10.1. The van der Waals surface area contributed by atoms with Gasteiger partial charge in [0, 0.05) is 31.4 Å². The zero-order valence-corrected chi connectivity index (χ0v) is 15.1. The van der Waals surface area contributed by atoms with Crippen molar-refractivity contribution in [3.05, 3.63) is 47.8 Å². The summed E-state index contributed by atoms with van der Waals surface area (Å²) in [7, 11) is 0. The van der Waals surface area contributed by atoms with Crippen molar-refractivity contribution in [2.45, 2.75) is 12.8 Å². The molecule has 140 valence electrons. The highest BCUT2D eigenvalue weighted by molar-refractivity contribution is 5.97. The molecule has 0 saturated carbocycles. The summed E-state index contributed by atoms with van der Waals surface area (Å²) in [6.07, 6.45) is 3.08. The number of carbonyl (C=O) groups excluding carboxylic acids is 2. The fourth-order valence-electron chi connectivity index (χ4n) is 3.45. The Labute approximate surface area is 158 Å². The highest BCUT2D eigenvalue weighted by atomic mass is 16.5. The van der Waals surface area contributed by atoms with Gasteiger partial charge in [0.15, 0.2) is 5.82 Å². The lowest BCUT2D eigenvalue weighted by Gasteiger charge is -2.29. The van der Waals surface area contributed by atoms with Crippen molar-refractivity contribution in [1.82, 2.24) is 19.8 Å². The summed E-state index contributed by atoms with van der Waals surface area (Å²) in [5.41, 5.74) is 2.19. The summed E-state index contributed by atoms with van der Waals surface area (Å²) < 4.78 is 5.28. The molecule has 1 aromatic heterocycles. The van der Waals surface area contributed by atoms with E-state index in [4.69, 9.17) is 4.74 Å². The molecule has 2 aliphatic heterocycles. The molecular weight excluding hydrogens is 344 g/mol. The van der Waals surface area contributed by atoms with Crippen LogP contribution in [0.4, 0.5) is 0 Å². The van der Waals surface area contributed by atoms with Crippen molar-refractivity contribution in [1.29, 1.82) is 0 Å². The number of hydrogen-bond acceptors (Lipinski definition) is 5. The summed E-state index contributed by atoms with van der Waals surface area (Å²) in [4.78, 5) is 37.9. The number of benzene rings is 1. The third kappa shape index (κ3) is 3.83. The monoisotopic (exact) mass is 366 g/mol. The average molecular weight is 366 g/mol. The first-order valence-corrected chi connectivity index (χ1v) is 9.28. The predicted octanol–water partition coefficient (Wildman–Crippen LogP) is 1.39. The van der Waals surface area contributed by atoms with Crippen LogP contribution in [0.5, 0.6) is 0 Å². The van der Waals surface area contributed by atoms with Gasteiger partial charge in [0.25, 0.3) is 5.91 Å². The van der Waals surface area contributed by atoms with E-state index in [1.54, 1.807) is 16.0 Å². The molecule has 0 unspecified atom stereocenters. The van der Waals surface area contributed by atoms with E-state index in [0.717, 1.165) is 17.7 Å². The number of carbonyl (C=O) groups is 2. The Balaban J connectivity index is 1.52. The van der Waals surface area contributed by atoms with Gasteiger partial charge in [0.2, 0.25) is 5.91 Å². The highest BCUT2D eigenvalue weighted by Crippen LogP contribution is 2.21. The molecule has 0 atom stereocenters. The Morgan fingerprint density at radius 2 is 1.89 bits per heavy atom. The Hall–Kier alpha value is -2.80. The number of ether oxygens (including phenoxy) is 1. The first kappa shape index (κ1) is 17.6. The lowest BCUT2D eigenvalue weighted by molar-refractivity contribution is -0.135. The van der Waals surface area contributed by atoms with Gasteiger partial charge in [0.1, 0.15) is 6.54 Å². The van der Waals surface area contributed by atoms with Crippen LogP contribution in [0.25, 0.3) is 11.4 Å². The molecule has 0 spiro atoms. The van der Waals surface area contributed by atoms with Crippen molar-refractivity contribution in [3.8, 4) is 11.4 Å². The molecule has 7 heteroatoms. The van der Waals surface area contributed by atoms with Gasteiger partial charge < -0.3 is 14.5 Å². The summed E-state index contributed by atoms with van der Waals surface area (Å²) in [6.45, 7) is 2.92. The van der Waals surface area contributed by atoms with Crippen LogP contribution in [0, 0.1) is 0 Å². The molecule has 0 bridgehead atoms. The van der Waals surface area contributed by atoms with Crippen LogP contribution < -0.4 is 0 Å². The Bertz CT molecular complexity index is 834. The lowest BCUT2D eigenvalue weighted by Crippen LogP contribution is -2.47. The highest BCUT2D eigenvalue weighted by Gasteiger charge is 2.28. The number of fused-ring (bicyclic) bond motifs is 1. The topological polar surface area (TPSA) is 75.6 Å². The molecule has 0 radical (unpaired) electrons. The van der Waals surface area contributed by atoms with Crippen molar-refractivity contribution in [2.75, 3.05) is 39.4 Å². The van der Waals surface area contributed by atoms with Gasteiger partial charge in [0.05, 0.1) is 24.5 Å². The van der Waals surface area contributed by atoms with Gasteiger partial charge >= 0.3 is 0 Å². The van der Waals surface area contributed by atoms with Crippen LogP contribution in [-0.4, -0.2) is 71.0 Å². The minimum Gasteiger partial charge on any atom is -0.378 e. The SMILES string of the molecule is O=C(CN1CCCc2nc(-c3ccccc3)ncc2C1=O)N1CCOCC1. The Morgan fingerprint density at radius 1 is 1.11 bits per heavy atom. The second-order valence-corrected chi connectivity index (χ2v) is 6.74. The first-order valence-electron chi connectivity index (χ1n) is 9.28. The number of amides is 2. The van der Waals surface area contributed by atoms with Gasteiger partial charge in [-0.15, -0.1) is 0 Å². The quantitative estimate of drug-likeness (QED) is 0.821. The minimum atomic E-state index is -0.163. The smallest absolute Gasteiger partial charge is 0.257 e. The Morgan fingerprint density at radius 3 is 2.67 bits per heavy atom. The number of aryl methyl sites for hydroxylation is 1. The summed E-state index contributed by atoms with van der Waals surface area (Å²) in [5, 5.41) is 0. The van der Waals surface area contributed by atoms with Crippen molar-refractivity contribution >= 4 is 11.8 Å². The summed E-state index contributed by atoms with van der Waals surface area (Å²) in [6, 6.07) is 9.73. The van der Waals surface area contributed by atoms with Gasteiger partial charge in [-0.25, -0.2) is 9.97 Å². The van der Waals surface area contributed by atoms with Gasteiger partial charge in [-0.1, -0.05) is 30.3 Å². The van der Waals surface area contributed by atoms with Gasteiger partial charge in [-0.3, -0.25) is 9.59 Å². The molecule has 0 aliphatic carbocycles. The van der Waals surface area contributed by atoms with E-state index in [-0.39, 0.29) is 18.4 Å². The van der Waals surface area contributed by atoms with E-state index >= 15 is 0 Å². The largest absolute Gasteiger partial charge is 0.378 e. The van der Waals surface area contributed by atoms with E-state index in [0.29, 0.717) is 50.7 Å². The fourth-order valence-corrected chi connectivity index (χ4v) is 3.45. The third-order valence-corrected chi connectivity index (χ3v) is 4.95. The predicted molar refractivity (Wildman–Crippen MR) is 99.1 cm³/mol. The van der Waals surface area contributed by atoms with Crippen LogP contribution in [0.2, 0.25) is 0 Å². The molecule has 0 N–H and O–H groups in total. The van der Waals surface area contributed by atoms with Crippen molar-refractivity contribution in [3.63, 3.8) is 0 Å². The average Bonchev–Trinajstić information content (AvgIpc) is 2.88. The minimum absolute atomic E-state index is 0.0306.